The van der Waals surface area contributed by atoms with E-state index in [1.807, 2.05) is 32.1 Å². The van der Waals surface area contributed by atoms with Crippen molar-refractivity contribution in [2.75, 3.05) is 0 Å². The highest BCUT2D eigenvalue weighted by molar-refractivity contribution is 5.62. The van der Waals surface area contributed by atoms with E-state index in [1.165, 1.54) is 12.8 Å². The molecule has 0 amide bonds. The van der Waals surface area contributed by atoms with Crippen LogP contribution in [0.5, 0.6) is 11.5 Å². The van der Waals surface area contributed by atoms with Crippen LogP contribution < -0.4 is 9.47 Å². The summed E-state index contributed by atoms with van der Waals surface area (Å²) in [6.07, 6.45) is 17.7. The topological polar surface area (TPSA) is 18.5 Å². The lowest BCUT2D eigenvalue weighted by atomic mass is 9.77. The Morgan fingerprint density at radius 2 is 1.14 bits per heavy atom. The van der Waals surface area contributed by atoms with Gasteiger partial charge in [0, 0.05) is 5.56 Å². The molecule has 242 valence electrons. The first-order chi connectivity index (χ1) is 21.3. The molecule has 2 aliphatic carbocycles. The zero-order valence-electron chi connectivity index (χ0n) is 27.0. The van der Waals surface area contributed by atoms with Crippen molar-refractivity contribution < 1.29 is 27.0 Å². The molecule has 44 heavy (non-hydrogen) atoms. The summed E-state index contributed by atoms with van der Waals surface area (Å²) >= 11 is 0. The second kappa shape index (κ2) is 14.7. The van der Waals surface area contributed by atoms with E-state index in [9.17, 15) is 17.6 Å². The van der Waals surface area contributed by atoms with E-state index < -0.39 is 23.3 Å². The van der Waals surface area contributed by atoms with Crippen LogP contribution in [0, 0.1) is 35.1 Å². The van der Waals surface area contributed by atoms with Gasteiger partial charge in [0.15, 0.2) is 23.1 Å². The molecule has 2 atom stereocenters. The summed E-state index contributed by atoms with van der Waals surface area (Å²) in [5, 5.41) is 0. The Balaban J connectivity index is 0.000000175. The van der Waals surface area contributed by atoms with Gasteiger partial charge in [0.25, 0.3) is 0 Å². The Morgan fingerprint density at radius 3 is 1.66 bits per heavy atom. The van der Waals surface area contributed by atoms with Gasteiger partial charge in [0.1, 0.15) is 6.10 Å². The summed E-state index contributed by atoms with van der Waals surface area (Å²) in [5.41, 5.74) is 2.66. The van der Waals surface area contributed by atoms with Crippen molar-refractivity contribution >= 4 is 6.08 Å². The van der Waals surface area contributed by atoms with E-state index in [1.54, 1.807) is 6.07 Å². The average molecular weight is 615 g/mol. The molecule has 0 bridgehead atoms. The summed E-state index contributed by atoms with van der Waals surface area (Å²) in [4.78, 5) is 0. The maximum Gasteiger partial charge on any atom is 0.201 e. The Hall–Kier alpha value is -2.50. The molecule has 2 unspecified atom stereocenters. The lowest BCUT2D eigenvalue weighted by Crippen LogP contribution is -2.24. The van der Waals surface area contributed by atoms with Crippen molar-refractivity contribution in [3.05, 3.63) is 63.7 Å². The molecule has 0 aromatic heterocycles. The van der Waals surface area contributed by atoms with Crippen LogP contribution >= 0.6 is 0 Å². The van der Waals surface area contributed by atoms with E-state index in [-0.39, 0.29) is 35.5 Å². The monoisotopic (exact) mass is 614 g/mol. The van der Waals surface area contributed by atoms with Crippen LogP contribution in [-0.2, 0) is 6.42 Å². The Bertz CT molecular complexity index is 1300. The Kier molecular flexibility index (Phi) is 11.0. The summed E-state index contributed by atoms with van der Waals surface area (Å²) in [6, 6.07) is 3.68. The van der Waals surface area contributed by atoms with Gasteiger partial charge in [0.2, 0.25) is 11.6 Å². The SMILES string of the molecule is CCC1CCC(c2cc3c(c(F)c2F)OC(CC)C=C3)CC1.CCC1CCC(c2cc3c(c(F)c2F)OC(CC)CC3)CC1. The number of rotatable bonds is 6. The molecule has 2 fully saturated rings. The second-order valence-corrected chi connectivity index (χ2v) is 13.5. The number of aryl methyl sites for hydroxylation is 1. The fourth-order valence-electron chi connectivity index (χ4n) is 7.70. The minimum Gasteiger partial charge on any atom is -0.487 e. The van der Waals surface area contributed by atoms with Gasteiger partial charge in [-0.1, -0.05) is 46.6 Å². The number of hydrogen-bond donors (Lipinski definition) is 0. The second-order valence-electron chi connectivity index (χ2n) is 13.5. The molecular formula is C38H50F4O2. The summed E-state index contributed by atoms with van der Waals surface area (Å²) in [6.45, 7) is 8.40. The van der Waals surface area contributed by atoms with Crippen molar-refractivity contribution in [1.29, 1.82) is 0 Å². The third-order valence-corrected chi connectivity index (χ3v) is 10.9. The number of hydrogen-bond acceptors (Lipinski definition) is 2. The van der Waals surface area contributed by atoms with Gasteiger partial charge in [-0.15, -0.1) is 0 Å². The predicted molar refractivity (Wildman–Crippen MR) is 169 cm³/mol. The van der Waals surface area contributed by atoms with Crippen LogP contribution in [0.3, 0.4) is 0 Å². The molecule has 0 radical (unpaired) electrons. The highest BCUT2D eigenvalue weighted by atomic mass is 19.2. The molecule has 2 saturated carbocycles. The Labute approximate surface area is 261 Å². The quantitative estimate of drug-likeness (QED) is 0.301. The maximum absolute atomic E-state index is 14.5. The molecule has 2 aromatic rings. The van der Waals surface area contributed by atoms with E-state index in [2.05, 4.69) is 13.8 Å². The summed E-state index contributed by atoms with van der Waals surface area (Å²) in [5.74, 6) is -0.882. The third kappa shape index (κ3) is 6.99. The lowest BCUT2D eigenvalue weighted by molar-refractivity contribution is 0.158. The highest BCUT2D eigenvalue weighted by Crippen LogP contribution is 2.43. The molecule has 4 aliphatic rings. The standard InChI is InChI=1S/C19H26F2O.C19H24F2O/c2*1-3-12-5-7-13(8-6-12)16-11-14-9-10-15(4-2)22-19(14)18(21)17(16)20/h11-13,15H,3-10H2,1-2H3;9-13,15H,3-8H2,1-2H3. The van der Waals surface area contributed by atoms with Crippen molar-refractivity contribution in [1.82, 2.24) is 0 Å². The average Bonchev–Trinajstić information content (AvgIpc) is 3.08. The molecule has 2 heterocycles. The van der Waals surface area contributed by atoms with Gasteiger partial charge in [-0.25, -0.2) is 8.78 Å². The van der Waals surface area contributed by atoms with Crippen molar-refractivity contribution in [2.45, 2.75) is 142 Å². The van der Waals surface area contributed by atoms with Crippen LogP contribution in [0.2, 0.25) is 0 Å². The molecule has 0 saturated heterocycles. The first kappa shape index (κ1) is 32.9. The summed E-state index contributed by atoms with van der Waals surface area (Å²) in [7, 11) is 0. The third-order valence-electron chi connectivity index (χ3n) is 10.9. The zero-order valence-corrected chi connectivity index (χ0v) is 27.0. The zero-order chi connectivity index (χ0) is 31.4. The Morgan fingerprint density at radius 1 is 0.591 bits per heavy atom. The molecule has 2 aromatic carbocycles. The van der Waals surface area contributed by atoms with Crippen LogP contribution in [0.1, 0.15) is 145 Å². The van der Waals surface area contributed by atoms with Gasteiger partial charge in [-0.2, -0.15) is 8.78 Å². The molecule has 0 N–H and O–H groups in total. The summed E-state index contributed by atoms with van der Waals surface area (Å²) < 4.78 is 69.1. The smallest absolute Gasteiger partial charge is 0.201 e. The molecule has 0 spiro atoms. The van der Waals surface area contributed by atoms with Crippen molar-refractivity contribution in [3.63, 3.8) is 0 Å². The van der Waals surface area contributed by atoms with E-state index in [4.69, 9.17) is 9.47 Å². The van der Waals surface area contributed by atoms with Gasteiger partial charge < -0.3 is 9.47 Å². The van der Waals surface area contributed by atoms with Gasteiger partial charge >= 0.3 is 0 Å². The normalized spacial score (nSPS) is 27.7. The molecule has 6 heteroatoms. The number of halogens is 4. The predicted octanol–water partition coefficient (Wildman–Crippen LogP) is 11.6. The largest absolute Gasteiger partial charge is 0.487 e. The minimum atomic E-state index is -0.812. The van der Waals surface area contributed by atoms with Gasteiger partial charge in [0.05, 0.1) is 6.10 Å². The van der Waals surface area contributed by atoms with Crippen LogP contribution in [-0.4, -0.2) is 12.2 Å². The maximum atomic E-state index is 14.5. The number of fused-ring (bicyclic) bond motifs is 2. The van der Waals surface area contributed by atoms with Gasteiger partial charge in [-0.05, 0) is 136 Å². The molecule has 2 aliphatic heterocycles. The van der Waals surface area contributed by atoms with E-state index >= 15 is 0 Å². The number of ether oxygens (including phenoxy) is 2. The lowest BCUT2D eigenvalue weighted by Gasteiger charge is -2.31. The van der Waals surface area contributed by atoms with Crippen LogP contribution in [0.25, 0.3) is 6.08 Å². The fraction of sp³-hybridized carbons (Fsp3) is 0.632. The van der Waals surface area contributed by atoms with Crippen LogP contribution in [0.4, 0.5) is 17.6 Å². The molecule has 2 nitrogen and oxygen atoms in total. The van der Waals surface area contributed by atoms with E-state index in [0.717, 1.165) is 94.4 Å². The van der Waals surface area contributed by atoms with Crippen molar-refractivity contribution in [2.24, 2.45) is 11.8 Å². The molecule has 6 rings (SSSR count). The van der Waals surface area contributed by atoms with Crippen LogP contribution in [0.15, 0.2) is 18.2 Å². The van der Waals surface area contributed by atoms with Gasteiger partial charge in [-0.3, -0.25) is 0 Å². The molecular weight excluding hydrogens is 564 g/mol. The first-order valence-corrected chi connectivity index (χ1v) is 17.3. The fourth-order valence-corrected chi connectivity index (χ4v) is 7.70. The van der Waals surface area contributed by atoms with Crippen molar-refractivity contribution in [3.8, 4) is 11.5 Å². The highest BCUT2D eigenvalue weighted by Gasteiger charge is 2.31. The first-order valence-electron chi connectivity index (χ1n) is 17.3. The number of benzene rings is 2. The van der Waals surface area contributed by atoms with E-state index in [0.29, 0.717) is 16.7 Å². The minimum absolute atomic E-state index is 0.0206.